The molecule has 0 saturated carbocycles. The smallest absolute Gasteiger partial charge is 0.274 e. The summed E-state index contributed by atoms with van der Waals surface area (Å²) in [5.74, 6) is -0.371. The van der Waals surface area contributed by atoms with Gasteiger partial charge in [0.1, 0.15) is 5.69 Å². The number of benzene rings is 2. The zero-order chi connectivity index (χ0) is 23.6. The summed E-state index contributed by atoms with van der Waals surface area (Å²) in [4.78, 5) is 30.0. The van der Waals surface area contributed by atoms with Gasteiger partial charge in [0.25, 0.3) is 5.91 Å². The van der Waals surface area contributed by atoms with Crippen LogP contribution in [-0.2, 0) is 16.6 Å². The van der Waals surface area contributed by atoms with Crippen molar-refractivity contribution in [2.45, 2.75) is 32.6 Å². The molecule has 6 heteroatoms. The summed E-state index contributed by atoms with van der Waals surface area (Å²) in [6.07, 6.45) is 0.575. The molecule has 2 heterocycles. The van der Waals surface area contributed by atoms with E-state index < -0.39 is 0 Å². The highest BCUT2D eigenvalue weighted by Crippen LogP contribution is 2.27. The lowest BCUT2D eigenvalue weighted by Gasteiger charge is -2.23. The van der Waals surface area contributed by atoms with Crippen LogP contribution in [0.2, 0.25) is 0 Å². The van der Waals surface area contributed by atoms with Crippen molar-refractivity contribution in [2.24, 2.45) is 5.92 Å². The van der Waals surface area contributed by atoms with Crippen LogP contribution in [0.25, 0.3) is 11.1 Å². The number of aromatic nitrogens is 2. The van der Waals surface area contributed by atoms with Gasteiger partial charge in [0.2, 0.25) is 5.91 Å². The molecule has 1 saturated heterocycles. The van der Waals surface area contributed by atoms with Crippen LogP contribution in [0.3, 0.4) is 0 Å². The summed E-state index contributed by atoms with van der Waals surface area (Å²) in [5.41, 5.74) is 4.56. The number of likely N-dealkylation sites (N-methyl/N-ethyl adjacent to an activating group) is 1. The number of carbonyl (C=O) groups excluding carboxylic acids is 2. The van der Waals surface area contributed by atoms with Crippen LogP contribution in [0.1, 0.15) is 42.5 Å². The van der Waals surface area contributed by atoms with Crippen molar-refractivity contribution in [1.29, 1.82) is 0 Å². The first-order chi connectivity index (χ1) is 15.7. The Bertz CT molecular complexity index is 1130. The minimum atomic E-state index is -0.313. The molecule has 0 unspecified atom stereocenters. The van der Waals surface area contributed by atoms with E-state index in [-0.39, 0.29) is 23.1 Å². The third-order valence-corrected chi connectivity index (χ3v) is 6.33. The fourth-order valence-electron chi connectivity index (χ4n) is 4.30. The van der Waals surface area contributed by atoms with Gasteiger partial charge in [0, 0.05) is 37.8 Å². The van der Waals surface area contributed by atoms with E-state index in [0.29, 0.717) is 31.7 Å². The fourth-order valence-corrected chi connectivity index (χ4v) is 4.30. The van der Waals surface area contributed by atoms with E-state index in [9.17, 15) is 9.59 Å². The molecule has 2 amide bonds. The van der Waals surface area contributed by atoms with Gasteiger partial charge in [-0.25, -0.2) is 0 Å². The predicted molar refractivity (Wildman–Crippen MR) is 130 cm³/mol. The molecule has 1 aliphatic rings. The average molecular weight is 445 g/mol. The van der Waals surface area contributed by atoms with Gasteiger partial charge in [-0.3, -0.25) is 14.7 Å². The van der Waals surface area contributed by atoms with Crippen molar-refractivity contribution in [3.8, 4) is 11.1 Å². The van der Waals surface area contributed by atoms with E-state index in [0.717, 1.165) is 22.4 Å². The Morgan fingerprint density at radius 1 is 1.06 bits per heavy atom. The molecule has 6 nitrogen and oxygen atoms in total. The standard InChI is InChI=1S/C27H32N4O2/c1-27(2,3)24-17-23(28-29-24)26(33)31-15-14-30(4)25(32)21(18-31)16-20-12-8-9-13-22(20)19-10-6-5-7-11-19/h5-13,17,21H,14-16,18H2,1-4H3,(H,28,29)/t21-/m0/s1. The van der Waals surface area contributed by atoms with E-state index in [1.807, 2.05) is 43.4 Å². The van der Waals surface area contributed by atoms with Gasteiger partial charge in [0.05, 0.1) is 5.92 Å². The highest BCUT2D eigenvalue weighted by atomic mass is 16.2. The molecule has 172 valence electrons. The second-order valence-electron chi connectivity index (χ2n) is 9.85. The van der Waals surface area contributed by atoms with Gasteiger partial charge in [-0.15, -0.1) is 0 Å². The Hall–Kier alpha value is -3.41. The minimum Gasteiger partial charge on any atom is -0.344 e. The fraction of sp³-hybridized carbons (Fsp3) is 0.370. The summed E-state index contributed by atoms with van der Waals surface area (Å²) in [7, 11) is 1.82. The number of hydrogen-bond acceptors (Lipinski definition) is 3. The summed E-state index contributed by atoms with van der Waals surface area (Å²) < 4.78 is 0. The van der Waals surface area contributed by atoms with Crippen molar-refractivity contribution in [3.05, 3.63) is 77.6 Å². The summed E-state index contributed by atoms with van der Waals surface area (Å²) in [5, 5.41) is 7.28. The highest BCUT2D eigenvalue weighted by molar-refractivity contribution is 5.93. The van der Waals surface area contributed by atoms with Crippen LogP contribution >= 0.6 is 0 Å². The second-order valence-corrected chi connectivity index (χ2v) is 9.85. The van der Waals surface area contributed by atoms with Crippen molar-refractivity contribution < 1.29 is 9.59 Å². The molecule has 0 bridgehead atoms. The Morgan fingerprint density at radius 3 is 2.45 bits per heavy atom. The molecule has 0 spiro atoms. The van der Waals surface area contributed by atoms with E-state index in [1.54, 1.807) is 9.80 Å². The number of aromatic amines is 1. The van der Waals surface area contributed by atoms with Crippen LogP contribution < -0.4 is 0 Å². The maximum absolute atomic E-state index is 13.3. The number of carbonyl (C=O) groups is 2. The molecule has 4 rings (SSSR count). The van der Waals surface area contributed by atoms with Crippen molar-refractivity contribution >= 4 is 11.8 Å². The first-order valence-electron chi connectivity index (χ1n) is 11.5. The predicted octanol–water partition coefficient (Wildman–Crippen LogP) is 4.15. The van der Waals surface area contributed by atoms with Crippen LogP contribution in [0.15, 0.2) is 60.7 Å². The molecular weight excluding hydrogens is 412 g/mol. The average Bonchev–Trinajstić information content (AvgIpc) is 3.27. The van der Waals surface area contributed by atoms with Gasteiger partial charge in [-0.1, -0.05) is 75.4 Å². The Labute approximate surface area is 195 Å². The monoisotopic (exact) mass is 444 g/mol. The third kappa shape index (κ3) is 5.00. The van der Waals surface area contributed by atoms with Crippen molar-refractivity contribution in [1.82, 2.24) is 20.0 Å². The summed E-state index contributed by atoms with van der Waals surface area (Å²) >= 11 is 0. The Morgan fingerprint density at radius 2 is 1.76 bits per heavy atom. The molecule has 1 fully saturated rings. The van der Waals surface area contributed by atoms with Gasteiger partial charge < -0.3 is 9.80 Å². The third-order valence-electron chi connectivity index (χ3n) is 6.33. The van der Waals surface area contributed by atoms with Crippen LogP contribution in [-0.4, -0.2) is 58.5 Å². The summed E-state index contributed by atoms with van der Waals surface area (Å²) in [6, 6.07) is 20.2. The zero-order valence-electron chi connectivity index (χ0n) is 19.8. The molecule has 3 aromatic rings. The zero-order valence-corrected chi connectivity index (χ0v) is 19.8. The van der Waals surface area contributed by atoms with Crippen molar-refractivity contribution in [3.63, 3.8) is 0 Å². The molecule has 2 aromatic carbocycles. The molecule has 1 aliphatic heterocycles. The molecule has 33 heavy (non-hydrogen) atoms. The van der Waals surface area contributed by atoms with Gasteiger partial charge in [-0.05, 0) is 29.2 Å². The number of nitrogens with one attached hydrogen (secondary N) is 1. The summed E-state index contributed by atoms with van der Waals surface area (Å²) in [6.45, 7) is 7.62. The lowest BCUT2D eigenvalue weighted by Crippen LogP contribution is -2.37. The van der Waals surface area contributed by atoms with Gasteiger partial charge >= 0.3 is 0 Å². The van der Waals surface area contributed by atoms with E-state index in [4.69, 9.17) is 0 Å². The second kappa shape index (κ2) is 9.22. The highest BCUT2D eigenvalue weighted by Gasteiger charge is 2.32. The molecule has 1 N–H and O–H groups in total. The number of hydrogen-bond donors (Lipinski definition) is 1. The Balaban J connectivity index is 1.59. The topological polar surface area (TPSA) is 69.3 Å². The van der Waals surface area contributed by atoms with Crippen LogP contribution in [0.5, 0.6) is 0 Å². The van der Waals surface area contributed by atoms with Gasteiger partial charge in [-0.2, -0.15) is 5.10 Å². The van der Waals surface area contributed by atoms with E-state index in [1.165, 1.54) is 0 Å². The maximum atomic E-state index is 13.3. The first kappa shape index (κ1) is 22.8. The van der Waals surface area contributed by atoms with Crippen molar-refractivity contribution in [2.75, 3.05) is 26.7 Å². The Kier molecular flexibility index (Phi) is 6.36. The molecular formula is C27H32N4O2. The van der Waals surface area contributed by atoms with E-state index >= 15 is 0 Å². The minimum absolute atomic E-state index is 0.0746. The number of H-pyrrole nitrogens is 1. The quantitative estimate of drug-likeness (QED) is 0.657. The molecule has 0 radical (unpaired) electrons. The molecule has 1 aromatic heterocycles. The SMILES string of the molecule is CN1CCN(C(=O)c2cc(C(C)(C)C)[nH]n2)C[C@H](Cc2ccccc2-c2ccccc2)C1=O. The largest absolute Gasteiger partial charge is 0.344 e. The number of amides is 2. The number of nitrogens with zero attached hydrogens (tertiary/aromatic N) is 3. The normalized spacial score (nSPS) is 17.2. The first-order valence-corrected chi connectivity index (χ1v) is 11.5. The molecule has 0 aliphatic carbocycles. The van der Waals surface area contributed by atoms with Gasteiger partial charge in [0.15, 0.2) is 0 Å². The van der Waals surface area contributed by atoms with Crippen LogP contribution in [0.4, 0.5) is 0 Å². The van der Waals surface area contributed by atoms with Crippen LogP contribution in [0, 0.1) is 5.92 Å². The maximum Gasteiger partial charge on any atom is 0.274 e. The van der Waals surface area contributed by atoms with E-state index in [2.05, 4.69) is 55.2 Å². The lowest BCUT2D eigenvalue weighted by atomic mass is 9.91. The lowest BCUT2D eigenvalue weighted by molar-refractivity contribution is -0.133. The molecule has 1 atom stereocenters. The number of rotatable bonds is 4.